The van der Waals surface area contributed by atoms with Crippen molar-refractivity contribution in [1.29, 1.82) is 0 Å². The third-order valence-corrected chi connectivity index (χ3v) is 13.5. The SMILES string of the molecule is C=C(/C=C(\C=C(/C)c1cc2ccccc2c2ccccc12)c1ccc(-c2ccc(C3=Cc4ccccc4C4C5C=CC=CC5=NN34)cc2)cc1)c1cc2ccccc2c2ccccc12. The summed E-state index contributed by atoms with van der Waals surface area (Å²) in [7, 11) is 0. The normalized spacial score (nSPS) is 16.8. The first kappa shape index (κ1) is 37.7. The van der Waals surface area contributed by atoms with Crippen molar-refractivity contribution in [2.45, 2.75) is 13.0 Å². The smallest absolute Gasteiger partial charge is 0.0900 e. The van der Waals surface area contributed by atoms with Crippen molar-refractivity contribution in [1.82, 2.24) is 5.01 Å². The molecule has 64 heavy (non-hydrogen) atoms. The maximum absolute atomic E-state index is 5.16. The minimum Gasteiger partial charge on any atom is -0.256 e. The number of rotatable bonds is 7. The molecule has 2 heteroatoms. The van der Waals surface area contributed by atoms with Gasteiger partial charge in [0.25, 0.3) is 0 Å². The molecule has 9 aromatic rings. The molecule has 0 N–H and O–H groups in total. The lowest BCUT2D eigenvalue weighted by Gasteiger charge is -2.34. The molecule has 0 amide bonds. The van der Waals surface area contributed by atoms with E-state index in [1.165, 1.54) is 76.5 Å². The molecule has 2 nitrogen and oxygen atoms in total. The third-order valence-electron chi connectivity index (χ3n) is 13.5. The summed E-state index contributed by atoms with van der Waals surface area (Å²) in [4.78, 5) is 0. The summed E-state index contributed by atoms with van der Waals surface area (Å²) in [6.45, 7) is 7.00. The van der Waals surface area contributed by atoms with Crippen molar-refractivity contribution in [2.75, 3.05) is 0 Å². The molecule has 9 aromatic carbocycles. The fourth-order valence-electron chi connectivity index (χ4n) is 10.3. The number of hydrazone groups is 1. The topological polar surface area (TPSA) is 15.6 Å². The van der Waals surface area contributed by atoms with E-state index in [1.54, 1.807) is 0 Å². The Labute approximate surface area is 374 Å². The fourth-order valence-corrected chi connectivity index (χ4v) is 10.3. The largest absolute Gasteiger partial charge is 0.256 e. The Morgan fingerprint density at radius 1 is 0.547 bits per heavy atom. The Hall–Kier alpha value is -8.07. The molecule has 0 aromatic heterocycles. The quantitative estimate of drug-likeness (QED) is 0.116. The summed E-state index contributed by atoms with van der Waals surface area (Å²) in [6, 6.07) is 66.4. The molecule has 2 atom stereocenters. The molecule has 302 valence electrons. The number of allylic oxidation sites excluding steroid dienone is 8. The molecular formula is C62H44N2. The molecule has 3 aliphatic rings. The Bertz CT molecular complexity index is 3570. The van der Waals surface area contributed by atoms with Crippen molar-refractivity contribution in [3.8, 4) is 11.1 Å². The minimum atomic E-state index is 0.149. The van der Waals surface area contributed by atoms with Crippen molar-refractivity contribution in [3.05, 3.63) is 258 Å². The van der Waals surface area contributed by atoms with Gasteiger partial charge in [0.15, 0.2) is 0 Å². The van der Waals surface area contributed by atoms with E-state index in [4.69, 9.17) is 11.7 Å². The molecule has 2 heterocycles. The number of hydrogen-bond acceptors (Lipinski definition) is 2. The lowest BCUT2D eigenvalue weighted by Crippen LogP contribution is -2.27. The lowest BCUT2D eigenvalue weighted by atomic mass is 9.83. The van der Waals surface area contributed by atoms with Crippen LogP contribution in [0, 0.1) is 5.92 Å². The van der Waals surface area contributed by atoms with Gasteiger partial charge in [-0.15, -0.1) is 0 Å². The summed E-state index contributed by atoms with van der Waals surface area (Å²) in [5.74, 6) is 0.237. The van der Waals surface area contributed by atoms with Crippen LogP contribution in [0.15, 0.2) is 230 Å². The highest BCUT2D eigenvalue weighted by Crippen LogP contribution is 2.48. The fraction of sp³-hybridized carbons (Fsp3) is 0.0484. The van der Waals surface area contributed by atoms with Crippen LogP contribution in [-0.4, -0.2) is 10.7 Å². The molecular weight excluding hydrogens is 773 g/mol. The number of hydrogen-bond donors (Lipinski definition) is 0. The summed E-state index contributed by atoms with van der Waals surface area (Å²) in [6.07, 6.45) is 15.6. The van der Waals surface area contributed by atoms with Crippen LogP contribution in [0.3, 0.4) is 0 Å². The monoisotopic (exact) mass is 816 g/mol. The zero-order chi connectivity index (χ0) is 42.7. The first-order chi connectivity index (χ1) is 31.6. The third kappa shape index (κ3) is 6.38. The van der Waals surface area contributed by atoms with Crippen LogP contribution in [0.1, 0.15) is 46.3 Å². The van der Waals surface area contributed by atoms with Crippen LogP contribution in [0.25, 0.3) is 82.7 Å². The van der Waals surface area contributed by atoms with Gasteiger partial charge < -0.3 is 0 Å². The zero-order valence-corrected chi connectivity index (χ0v) is 35.6. The number of fused-ring (bicyclic) bond motifs is 11. The Kier molecular flexibility index (Phi) is 9.05. The van der Waals surface area contributed by atoms with Crippen molar-refractivity contribution < 1.29 is 0 Å². The van der Waals surface area contributed by atoms with Crippen molar-refractivity contribution >= 4 is 77.3 Å². The summed E-state index contributed by atoms with van der Waals surface area (Å²) in [5, 5.41) is 17.3. The van der Waals surface area contributed by atoms with E-state index in [0.717, 1.165) is 39.2 Å². The van der Waals surface area contributed by atoms with E-state index in [-0.39, 0.29) is 12.0 Å². The van der Waals surface area contributed by atoms with E-state index in [1.807, 2.05) is 0 Å². The van der Waals surface area contributed by atoms with Gasteiger partial charge in [-0.3, -0.25) is 5.01 Å². The van der Waals surface area contributed by atoms with Gasteiger partial charge in [-0.2, -0.15) is 5.10 Å². The second-order valence-corrected chi connectivity index (χ2v) is 17.2. The van der Waals surface area contributed by atoms with Gasteiger partial charge in [-0.25, -0.2) is 0 Å². The molecule has 2 unspecified atom stereocenters. The van der Waals surface area contributed by atoms with Gasteiger partial charge in [0, 0.05) is 5.92 Å². The predicted octanol–water partition coefficient (Wildman–Crippen LogP) is 16.1. The first-order valence-electron chi connectivity index (χ1n) is 22.2. The second-order valence-electron chi connectivity index (χ2n) is 17.2. The van der Waals surface area contributed by atoms with Crippen molar-refractivity contribution in [3.63, 3.8) is 0 Å². The summed E-state index contributed by atoms with van der Waals surface area (Å²) in [5.41, 5.74) is 15.1. The van der Waals surface area contributed by atoms with E-state index in [9.17, 15) is 0 Å². The first-order valence-corrected chi connectivity index (χ1v) is 22.2. The van der Waals surface area contributed by atoms with Gasteiger partial charge in [0.1, 0.15) is 0 Å². The maximum atomic E-state index is 5.16. The van der Waals surface area contributed by atoms with Gasteiger partial charge >= 0.3 is 0 Å². The Morgan fingerprint density at radius 2 is 1.09 bits per heavy atom. The molecule has 0 spiro atoms. The van der Waals surface area contributed by atoms with Gasteiger partial charge in [-0.1, -0.05) is 201 Å². The maximum Gasteiger partial charge on any atom is 0.0900 e. The predicted molar refractivity (Wildman–Crippen MR) is 274 cm³/mol. The van der Waals surface area contributed by atoms with Gasteiger partial charge in [0.2, 0.25) is 0 Å². The van der Waals surface area contributed by atoms with Crippen LogP contribution in [0.4, 0.5) is 0 Å². The van der Waals surface area contributed by atoms with E-state index in [0.29, 0.717) is 0 Å². The van der Waals surface area contributed by atoms with E-state index >= 15 is 0 Å². The Morgan fingerprint density at radius 3 is 1.78 bits per heavy atom. The van der Waals surface area contributed by atoms with Crippen LogP contribution < -0.4 is 0 Å². The van der Waals surface area contributed by atoms with Crippen molar-refractivity contribution in [2.24, 2.45) is 11.0 Å². The molecule has 1 aliphatic carbocycles. The van der Waals surface area contributed by atoms with Crippen LogP contribution in [0.2, 0.25) is 0 Å². The van der Waals surface area contributed by atoms with E-state index in [2.05, 4.69) is 236 Å². The highest BCUT2D eigenvalue weighted by atomic mass is 15.5. The molecule has 0 saturated heterocycles. The van der Waals surface area contributed by atoms with Crippen LogP contribution >= 0.6 is 0 Å². The van der Waals surface area contributed by atoms with Gasteiger partial charge in [-0.05, 0) is 142 Å². The molecule has 0 fully saturated rings. The molecule has 0 saturated carbocycles. The minimum absolute atomic E-state index is 0.149. The molecule has 0 radical (unpaired) electrons. The van der Waals surface area contributed by atoms with Crippen LogP contribution in [-0.2, 0) is 0 Å². The highest BCUT2D eigenvalue weighted by molar-refractivity contribution is 6.14. The average Bonchev–Trinajstić information content (AvgIpc) is 3.76. The number of nitrogens with zero attached hydrogens (tertiary/aromatic N) is 2. The van der Waals surface area contributed by atoms with Crippen LogP contribution in [0.5, 0.6) is 0 Å². The lowest BCUT2D eigenvalue weighted by molar-refractivity contribution is 0.318. The number of benzene rings is 9. The molecule has 0 bridgehead atoms. The van der Waals surface area contributed by atoms with Gasteiger partial charge in [0.05, 0.1) is 17.5 Å². The summed E-state index contributed by atoms with van der Waals surface area (Å²) >= 11 is 0. The Balaban J connectivity index is 0.930. The highest BCUT2D eigenvalue weighted by Gasteiger charge is 2.41. The molecule has 12 rings (SSSR count). The summed E-state index contributed by atoms with van der Waals surface area (Å²) < 4.78 is 0. The average molecular weight is 817 g/mol. The second kappa shape index (κ2) is 15.4. The molecule has 2 aliphatic heterocycles. The van der Waals surface area contributed by atoms with E-state index < -0.39 is 0 Å². The standard InChI is InChI=1S/C62H44N2/c1-40(58-37-46-15-3-6-18-50(46)53-21-9-11-23-55(53)58)35-49(36-41(2)59-38-47-16-4-7-19-51(47)54-22-10-12-24-56(54)59)44-29-27-42(28-30-44)43-31-33-45(34-32-43)61-39-48-17-5-8-20-52(48)62-57-25-13-14-26-60(57)63-64(61)62/h3-39,57,62H,1H2,2H3/b41-36+,49-35+. The zero-order valence-electron chi connectivity index (χ0n) is 35.6.